The Hall–Kier alpha value is -3.53. The number of pyridine rings is 2. The Labute approximate surface area is 205 Å². The van der Waals surface area contributed by atoms with Crippen molar-refractivity contribution in [3.05, 3.63) is 71.3 Å². The van der Waals surface area contributed by atoms with Gasteiger partial charge in [0.2, 0.25) is 0 Å². The second kappa shape index (κ2) is 8.85. The minimum Gasteiger partial charge on any atom is -0.377 e. The second-order valence-electron chi connectivity index (χ2n) is 9.21. The molecule has 36 heavy (non-hydrogen) atoms. The highest BCUT2D eigenvalue weighted by Crippen LogP contribution is 2.41. The van der Waals surface area contributed by atoms with Crippen LogP contribution in [0.5, 0.6) is 0 Å². The number of nitrogens with zero attached hydrogens (tertiary/aromatic N) is 3. The maximum atomic E-state index is 14.7. The normalized spacial score (nSPS) is 18.8. The largest absolute Gasteiger partial charge is 0.377 e. The van der Waals surface area contributed by atoms with Gasteiger partial charge in [0.1, 0.15) is 11.7 Å². The van der Waals surface area contributed by atoms with Gasteiger partial charge >= 0.3 is 0 Å². The van der Waals surface area contributed by atoms with Crippen LogP contribution in [0.2, 0.25) is 0 Å². The molecule has 0 bridgehead atoms. The molecule has 1 atom stereocenters. The predicted octanol–water partition coefficient (Wildman–Crippen LogP) is 5.21. The average molecular weight is 500 g/mol. The fraction of sp³-hybridized carbons (Fsp3) is 0.346. The van der Waals surface area contributed by atoms with E-state index in [1.54, 1.807) is 23.2 Å². The number of ether oxygens (including phenoxy) is 1. The van der Waals surface area contributed by atoms with Crippen LogP contribution in [0.4, 0.5) is 28.9 Å². The number of halogens is 4. The van der Waals surface area contributed by atoms with Gasteiger partial charge in [-0.2, -0.15) is 8.78 Å². The number of aryl methyl sites for hydroxylation is 1. The molecule has 5 rings (SSSR count). The van der Waals surface area contributed by atoms with Gasteiger partial charge in [-0.3, -0.25) is 14.8 Å². The molecule has 10 heteroatoms. The molecule has 3 aromatic rings. The van der Waals surface area contributed by atoms with Crippen LogP contribution in [0.1, 0.15) is 34.2 Å². The average Bonchev–Trinajstić information content (AvgIpc) is 2.84. The van der Waals surface area contributed by atoms with E-state index in [9.17, 15) is 22.4 Å². The first kappa shape index (κ1) is 24.2. The van der Waals surface area contributed by atoms with Gasteiger partial charge in [-0.25, -0.2) is 8.78 Å². The Morgan fingerprint density at radius 3 is 2.78 bits per heavy atom. The van der Waals surface area contributed by atoms with E-state index in [0.717, 1.165) is 29.7 Å². The molecule has 0 spiro atoms. The summed E-state index contributed by atoms with van der Waals surface area (Å²) in [6, 6.07) is 8.51. The van der Waals surface area contributed by atoms with E-state index in [1.807, 2.05) is 19.1 Å². The smallest absolute Gasteiger partial charge is 0.286 e. The van der Waals surface area contributed by atoms with E-state index in [1.165, 1.54) is 12.3 Å². The summed E-state index contributed by atoms with van der Waals surface area (Å²) in [6.45, 7) is 3.27. The number of hydrogen-bond acceptors (Lipinski definition) is 5. The molecule has 2 aromatic heterocycles. The predicted molar refractivity (Wildman–Crippen MR) is 127 cm³/mol. The fourth-order valence-electron chi connectivity index (χ4n) is 4.62. The Morgan fingerprint density at radius 2 is 2.00 bits per heavy atom. The molecular weight excluding hydrogens is 476 g/mol. The van der Waals surface area contributed by atoms with Crippen molar-refractivity contribution >= 4 is 17.3 Å². The molecule has 1 unspecified atom stereocenters. The van der Waals surface area contributed by atoms with Crippen molar-refractivity contribution in [2.45, 2.75) is 38.2 Å². The Bertz CT molecular complexity index is 1330. The third-order valence-electron chi connectivity index (χ3n) is 6.55. The lowest BCUT2D eigenvalue weighted by Crippen LogP contribution is -2.59. The molecule has 188 valence electrons. The Balaban J connectivity index is 1.44. The number of anilines is 2. The lowest BCUT2D eigenvalue weighted by atomic mass is 9.93. The summed E-state index contributed by atoms with van der Waals surface area (Å²) in [4.78, 5) is 22.4. The quantitative estimate of drug-likeness (QED) is 0.498. The molecule has 1 aromatic carbocycles. The van der Waals surface area contributed by atoms with Crippen LogP contribution in [0.25, 0.3) is 11.1 Å². The Morgan fingerprint density at radius 1 is 1.19 bits per heavy atom. The zero-order valence-electron chi connectivity index (χ0n) is 19.7. The molecule has 6 nitrogen and oxygen atoms in total. The van der Waals surface area contributed by atoms with Crippen molar-refractivity contribution in [3.63, 3.8) is 0 Å². The maximum absolute atomic E-state index is 14.7. The van der Waals surface area contributed by atoms with Crippen LogP contribution >= 0.6 is 0 Å². The van der Waals surface area contributed by atoms with Gasteiger partial charge in [0.05, 0.1) is 31.0 Å². The van der Waals surface area contributed by atoms with Gasteiger partial charge in [0.15, 0.2) is 0 Å². The summed E-state index contributed by atoms with van der Waals surface area (Å²) in [5.41, 5.74) is 3.39. The fourth-order valence-corrected chi connectivity index (χ4v) is 4.62. The molecule has 1 N–H and O–H groups in total. The number of benzene rings is 1. The first-order valence-corrected chi connectivity index (χ1v) is 11.5. The molecule has 0 saturated carbocycles. The first-order chi connectivity index (χ1) is 17.0. The summed E-state index contributed by atoms with van der Waals surface area (Å²) in [5, 5.41) is 2.73. The molecule has 1 saturated heterocycles. The van der Waals surface area contributed by atoms with Crippen LogP contribution in [0.3, 0.4) is 0 Å². The number of carbonyl (C=O) groups is 1. The van der Waals surface area contributed by atoms with Crippen molar-refractivity contribution in [2.75, 3.05) is 30.0 Å². The van der Waals surface area contributed by atoms with Crippen molar-refractivity contribution in [2.24, 2.45) is 0 Å². The van der Waals surface area contributed by atoms with Gasteiger partial charge in [-0.15, -0.1) is 0 Å². The van der Waals surface area contributed by atoms with E-state index >= 15 is 0 Å². The summed E-state index contributed by atoms with van der Waals surface area (Å²) in [6.07, 6.45) is 2.28. The number of hydrogen-bond donors (Lipinski definition) is 1. The minimum absolute atomic E-state index is 0.0438. The molecule has 1 amide bonds. The van der Waals surface area contributed by atoms with Crippen molar-refractivity contribution in [1.82, 2.24) is 9.97 Å². The van der Waals surface area contributed by atoms with Crippen molar-refractivity contribution in [3.8, 4) is 11.1 Å². The van der Waals surface area contributed by atoms with Crippen LogP contribution < -0.4 is 10.2 Å². The summed E-state index contributed by atoms with van der Waals surface area (Å²) < 4.78 is 61.9. The van der Waals surface area contributed by atoms with Crippen LogP contribution in [-0.4, -0.2) is 47.6 Å². The molecule has 2 aliphatic heterocycles. The van der Waals surface area contributed by atoms with E-state index in [-0.39, 0.29) is 12.2 Å². The zero-order valence-corrected chi connectivity index (χ0v) is 19.7. The van der Waals surface area contributed by atoms with E-state index < -0.39 is 35.9 Å². The zero-order chi connectivity index (χ0) is 25.7. The second-order valence-corrected chi connectivity index (χ2v) is 9.21. The van der Waals surface area contributed by atoms with E-state index in [0.29, 0.717) is 30.2 Å². The minimum atomic E-state index is -3.17. The molecular formula is C26H24F4N4O2. The summed E-state index contributed by atoms with van der Waals surface area (Å²) in [7, 11) is 0. The number of alkyl halides is 4. The van der Waals surface area contributed by atoms with Gasteiger partial charge in [0, 0.05) is 42.7 Å². The molecule has 4 heterocycles. The molecule has 1 fully saturated rings. The first-order valence-electron chi connectivity index (χ1n) is 11.5. The number of amides is 1. The highest BCUT2D eigenvalue weighted by molar-refractivity contribution is 6.04. The van der Waals surface area contributed by atoms with Gasteiger partial charge < -0.3 is 15.0 Å². The standard InChI is InChI=1S/C26H24F4N4O2/c1-15-3-4-18(33-24(35)16-5-6-31-22(10-16)25(2,27)28)11-19(15)17-9-21-20(32-13-17)12-26(29,30)23-14-36-8-7-34(21)23/h3-6,9-11,13,23H,7-8,12,14H2,1-2H3,(H,33,35). The number of morpholine rings is 1. The lowest BCUT2D eigenvalue weighted by Gasteiger charge is -2.45. The van der Waals surface area contributed by atoms with Gasteiger partial charge in [-0.1, -0.05) is 6.07 Å². The Kier molecular flexibility index (Phi) is 5.94. The number of rotatable bonds is 4. The third-order valence-corrected chi connectivity index (χ3v) is 6.55. The highest BCUT2D eigenvalue weighted by atomic mass is 19.3. The van der Waals surface area contributed by atoms with E-state index in [4.69, 9.17) is 4.74 Å². The van der Waals surface area contributed by atoms with Crippen molar-refractivity contribution in [1.29, 1.82) is 0 Å². The topological polar surface area (TPSA) is 67.4 Å². The number of fused-ring (bicyclic) bond motifs is 3. The number of aromatic nitrogens is 2. The van der Waals surface area contributed by atoms with Gasteiger partial charge in [0.25, 0.3) is 17.8 Å². The number of carbonyl (C=O) groups excluding carboxylic acids is 1. The monoisotopic (exact) mass is 500 g/mol. The maximum Gasteiger partial charge on any atom is 0.286 e. The van der Waals surface area contributed by atoms with Crippen LogP contribution in [-0.2, 0) is 17.1 Å². The SMILES string of the molecule is Cc1ccc(NC(=O)c2ccnc(C(C)(F)F)c2)cc1-c1cnc2c(c1)N1CCOCC1C(F)(F)C2. The highest BCUT2D eigenvalue weighted by Gasteiger charge is 2.49. The van der Waals surface area contributed by atoms with Crippen molar-refractivity contribution < 1.29 is 27.1 Å². The lowest BCUT2D eigenvalue weighted by molar-refractivity contribution is -0.0719. The van der Waals surface area contributed by atoms with Gasteiger partial charge in [-0.05, 0) is 48.4 Å². The molecule has 0 aliphatic carbocycles. The summed E-state index contributed by atoms with van der Waals surface area (Å²) in [5.74, 6) is -6.66. The molecule has 2 aliphatic rings. The summed E-state index contributed by atoms with van der Waals surface area (Å²) >= 11 is 0. The van der Waals surface area contributed by atoms with Crippen LogP contribution in [0.15, 0.2) is 48.8 Å². The van der Waals surface area contributed by atoms with E-state index in [2.05, 4.69) is 15.3 Å². The number of nitrogens with one attached hydrogen (secondary N) is 1. The molecule has 0 radical (unpaired) electrons. The third kappa shape index (κ3) is 4.53. The van der Waals surface area contributed by atoms with Crippen LogP contribution in [0, 0.1) is 6.92 Å².